The van der Waals surface area contributed by atoms with Crippen molar-refractivity contribution in [2.24, 2.45) is 0 Å². The molecule has 4 nitrogen and oxygen atoms in total. The number of nitrogens with zero attached hydrogens (tertiary/aromatic N) is 3. The molecule has 1 aromatic carbocycles. The van der Waals surface area contributed by atoms with E-state index in [-0.39, 0.29) is 0 Å². The number of nitrogen functional groups attached to an aromatic ring is 1. The van der Waals surface area contributed by atoms with Gasteiger partial charge in [0.05, 0.1) is 6.20 Å². The van der Waals surface area contributed by atoms with Gasteiger partial charge in [0.2, 0.25) is 4.96 Å². The summed E-state index contributed by atoms with van der Waals surface area (Å²) in [6.45, 7) is 0. The first-order valence-electron chi connectivity index (χ1n) is 4.96. The predicted octanol–water partition coefficient (Wildman–Crippen LogP) is 1.96. The van der Waals surface area contributed by atoms with Gasteiger partial charge in [-0.1, -0.05) is 41.7 Å². The molecule has 5 heteroatoms. The molecular formula is C11H10N4S. The third-order valence-corrected chi connectivity index (χ3v) is 3.22. The smallest absolute Gasteiger partial charge is 0.214 e. The van der Waals surface area contributed by atoms with Crippen LogP contribution in [0, 0.1) is 0 Å². The van der Waals surface area contributed by atoms with E-state index in [1.54, 1.807) is 22.0 Å². The SMILES string of the molecule is Nc1cn2nc(Cc3ccccc3)sc2n1. The highest BCUT2D eigenvalue weighted by atomic mass is 32.1. The summed E-state index contributed by atoms with van der Waals surface area (Å²) in [6.07, 6.45) is 2.58. The van der Waals surface area contributed by atoms with E-state index in [1.165, 1.54) is 5.56 Å². The molecule has 0 atom stereocenters. The number of hydrogen-bond donors (Lipinski definition) is 1. The van der Waals surface area contributed by atoms with Crippen LogP contribution in [0.4, 0.5) is 5.82 Å². The molecule has 16 heavy (non-hydrogen) atoms. The second-order valence-corrected chi connectivity index (χ2v) is 4.59. The molecule has 0 radical (unpaired) electrons. The van der Waals surface area contributed by atoms with Gasteiger partial charge in [-0.25, -0.2) is 9.50 Å². The highest BCUT2D eigenvalue weighted by molar-refractivity contribution is 7.16. The maximum absolute atomic E-state index is 5.57. The largest absolute Gasteiger partial charge is 0.382 e. The molecule has 0 amide bonds. The quantitative estimate of drug-likeness (QED) is 0.732. The Morgan fingerprint density at radius 1 is 1.25 bits per heavy atom. The van der Waals surface area contributed by atoms with Crippen molar-refractivity contribution in [1.29, 1.82) is 0 Å². The number of imidazole rings is 1. The minimum atomic E-state index is 0.519. The van der Waals surface area contributed by atoms with Crippen molar-refractivity contribution in [1.82, 2.24) is 14.6 Å². The summed E-state index contributed by atoms with van der Waals surface area (Å²) >= 11 is 1.57. The summed E-state index contributed by atoms with van der Waals surface area (Å²) in [4.78, 5) is 5.02. The van der Waals surface area contributed by atoms with E-state index in [1.807, 2.05) is 18.2 Å². The Morgan fingerprint density at radius 2 is 2.06 bits per heavy atom. The number of aromatic nitrogens is 3. The Morgan fingerprint density at radius 3 is 2.81 bits per heavy atom. The lowest BCUT2D eigenvalue weighted by atomic mass is 10.2. The molecule has 0 unspecified atom stereocenters. The molecule has 3 aromatic rings. The maximum Gasteiger partial charge on any atom is 0.214 e. The van der Waals surface area contributed by atoms with Gasteiger partial charge in [0.15, 0.2) is 0 Å². The van der Waals surface area contributed by atoms with Crippen LogP contribution in [0.1, 0.15) is 10.6 Å². The molecule has 0 saturated heterocycles. The van der Waals surface area contributed by atoms with Gasteiger partial charge in [-0.2, -0.15) is 5.10 Å². The fourth-order valence-corrected chi connectivity index (χ4v) is 2.52. The molecule has 2 heterocycles. The monoisotopic (exact) mass is 230 g/mol. The second kappa shape index (κ2) is 3.61. The molecule has 0 bridgehead atoms. The van der Waals surface area contributed by atoms with Crippen LogP contribution in [0.5, 0.6) is 0 Å². The van der Waals surface area contributed by atoms with Crippen molar-refractivity contribution >= 4 is 22.1 Å². The standard InChI is InChI=1S/C11H10N4S/c12-9-7-15-11(13-9)16-10(14-15)6-8-4-2-1-3-5-8/h1-5,7H,6,12H2. The van der Waals surface area contributed by atoms with E-state index in [4.69, 9.17) is 5.73 Å². The van der Waals surface area contributed by atoms with Gasteiger partial charge in [0.1, 0.15) is 10.8 Å². The molecule has 3 rings (SSSR count). The summed E-state index contributed by atoms with van der Waals surface area (Å²) in [5.74, 6) is 0.519. The van der Waals surface area contributed by atoms with E-state index >= 15 is 0 Å². The van der Waals surface area contributed by atoms with Crippen LogP contribution < -0.4 is 5.73 Å². The van der Waals surface area contributed by atoms with Gasteiger partial charge in [-0.3, -0.25) is 0 Å². The predicted molar refractivity (Wildman–Crippen MR) is 64.5 cm³/mol. The molecule has 0 aliphatic carbocycles. The zero-order valence-corrected chi connectivity index (χ0v) is 9.31. The van der Waals surface area contributed by atoms with Gasteiger partial charge in [-0.15, -0.1) is 0 Å². The van der Waals surface area contributed by atoms with E-state index < -0.39 is 0 Å². The minimum Gasteiger partial charge on any atom is -0.382 e. The Labute approximate surface area is 96.4 Å². The highest BCUT2D eigenvalue weighted by Gasteiger charge is 2.06. The summed E-state index contributed by atoms with van der Waals surface area (Å²) in [7, 11) is 0. The number of rotatable bonds is 2. The van der Waals surface area contributed by atoms with Gasteiger partial charge in [0, 0.05) is 6.42 Å². The molecule has 2 aromatic heterocycles. The zero-order valence-electron chi connectivity index (χ0n) is 8.50. The highest BCUT2D eigenvalue weighted by Crippen LogP contribution is 2.18. The van der Waals surface area contributed by atoms with Crippen LogP contribution in [0.15, 0.2) is 36.5 Å². The van der Waals surface area contributed by atoms with Gasteiger partial charge < -0.3 is 5.73 Å². The Hall–Kier alpha value is -1.88. The third-order valence-electron chi connectivity index (χ3n) is 2.30. The molecular weight excluding hydrogens is 220 g/mol. The lowest BCUT2D eigenvalue weighted by Gasteiger charge is -1.94. The number of nitrogens with two attached hydrogens (primary N) is 1. The first kappa shape index (κ1) is 9.35. The van der Waals surface area contributed by atoms with Crippen LogP contribution in [-0.4, -0.2) is 14.6 Å². The molecule has 2 N–H and O–H groups in total. The van der Waals surface area contributed by atoms with Gasteiger partial charge >= 0.3 is 0 Å². The second-order valence-electron chi connectivity index (χ2n) is 3.55. The first-order valence-corrected chi connectivity index (χ1v) is 5.77. The van der Waals surface area contributed by atoms with Crippen LogP contribution in [0.3, 0.4) is 0 Å². The van der Waals surface area contributed by atoms with Crippen LogP contribution >= 0.6 is 11.3 Å². The Kier molecular flexibility index (Phi) is 2.11. The zero-order chi connectivity index (χ0) is 11.0. The lowest BCUT2D eigenvalue weighted by molar-refractivity contribution is 0.922. The maximum atomic E-state index is 5.57. The lowest BCUT2D eigenvalue weighted by Crippen LogP contribution is -1.89. The fourth-order valence-electron chi connectivity index (χ4n) is 1.60. The summed E-state index contributed by atoms with van der Waals surface area (Å²) in [5, 5.41) is 5.47. The first-order chi connectivity index (χ1) is 7.81. The Bertz CT molecular complexity index is 580. The van der Waals surface area contributed by atoms with Crippen LogP contribution in [0.25, 0.3) is 4.96 Å². The summed E-state index contributed by atoms with van der Waals surface area (Å²) in [6, 6.07) is 10.3. The summed E-state index contributed by atoms with van der Waals surface area (Å²) in [5.41, 5.74) is 6.83. The number of fused-ring (bicyclic) bond motifs is 1. The molecule has 80 valence electrons. The number of hydrogen-bond acceptors (Lipinski definition) is 4. The third kappa shape index (κ3) is 1.65. The van der Waals surface area contributed by atoms with Crippen molar-refractivity contribution in [2.75, 3.05) is 5.73 Å². The fraction of sp³-hybridized carbons (Fsp3) is 0.0909. The van der Waals surface area contributed by atoms with Crippen molar-refractivity contribution in [3.8, 4) is 0 Å². The molecule has 0 aliphatic heterocycles. The molecule has 0 spiro atoms. The van der Waals surface area contributed by atoms with Gasteiger partial charge in [0.25, 0.3) is 0 Å². The summed E-state index contributed by atoms with van der Waals surface area (Å²) < 4.78 is 1.73. The minimum absolute atomic E-state index is 0.519. The number of benzene rings is 1. The van der Waals surface area contributed by atoms with E-state index in [2.05, 4.69) is 22.2 Å². The molecule has 0 aliphatic rings. The Balaban J connectivity index is 1.92. The van der Waals surface area contributed by atoms with Gasteiger partial charge in [-0.05, 0) is 5.56 Å². The topological polar surface area (TPSA) is 56.2 Å². The van der Waals surface area contributed by atoms with E-state index in [0.717, 1.165) is 16.4 Å². The van der Waals surface area contributed by atoms with E-state index in [9.17, 15) is 0 Å². The van der Waals surface area contributed by atoms with Crippen molar-refractivity contribution in [3.05, 3.63) is 47.1 Å². The van der Waals surface area contributed by atoms with Crippen molar-refractivity contribution in [2.45, 2.75) is 6.42 Å². The van der Waals surface area contributed by atoms with Crippen molar-refractivity contribution < 1.29 is 0 Å². The van der Waals surface area contributed by atoms with E-state index in [0.29, 0.717) is 5.82 Å². The average molecular weight is 230 g/mol. The molecule has 0 saturated carbocycles. The average Bonchev–Trinajstić information content (AvgIpc) is 2.76. The van der Waals surface area contributed by atoms with Crippen LogP contribution in [0.2, 0.25) is 0 Å². The normalized spacial score (nSPS) is 11.0. The van der Waals surface area contributed by atoms with Crippen molar-refractivity contribution in [3.63, 3.8) is 0 Å². The number of anilines is 1. The molecule has 0 fully saturated rings. The van der Waals surface area contributed by atoms with Crippen LogP contribution in [-0.2, 0) is 6.42 Å².